The van der Waals surface area contributed by atoms with Crippen molar-refractivity contribution in [1.82, 2.24) is 4.90 Å². The van der Waals surface area contributed by atoms with Crippen molar-refractivity contribution in [2.45, 2.75) is 25.8 Å². The van der Waals surface area contributed by atoms with E-state index in [0.29, 0.717) is 6.54 Å². The standard InChI is InChI=1S/C16H21NO3/c1-12-5-6-14(11-18)10-17(12)16(20)8-7-13-3-2-4-15(19)9-13/h2-4,7-9,12,14,18-19H,5-6,10-11H2,1H3. The normalized spacial score (nSPS) is 23.2. The van der Waals surface area contributed by atoms with Gasteiger partial charge in [-0.1, -0.05) is 12.1 Å². The minimum absolute atomic E-state index is 0.0426. The Morgan fingerprint density at radius 1 is 1.45 bits per heavy atom. The number of hydrogen-bond acceptors (Lipinski definition) is 3. The van der Waals surface area contributed by atoms with Gasteiger partial charge in [-0.05, 0) is 49.5 Å². The highest BCUT2D eigenvalue weighted by molar-refractivity contribution is 5.92. The summed E-state index contributed by atoms with van der Waals surface area (Å²) < 4.78 is 0. The fourth-order valence-corrected chi connectivity index (χ4v) is 2.53. The second-order valence-corrected chi connectivity index (χ2v) is 5.39. The molecule has 4 heteroatoms. The van der Waals surface area contributed by atoms with Crippen LogP contribution in [0, 0.1) is 5.92 Å². The maximum Gasteiger partial charge on any atom is 0.246 e. The summed E-state index contributed by atoms with van der Waals surface area (Å²) in [5.74, 6) is 0.328. The fraction of sp³-hybridized carbons (Fsp3) is 0.438. The first-order valence-corrected chi connectivity index (χ1v) is 6.98. The molecule has 0 aliphatic carbocycles. The number of aromatic hydroxyl groups is 1. The lowest BCUT2D eigenvalue weighted by Gasteiger charge is -2.36. The van der Waals surface area contributed by atoms with E-state index in [1.54, 1.807) is 24.3 Å². The lowest BCUT2D eigenvalue weighted by atomic mass is 9.94. The number of likely N-dealkylation sites (tertiary alicyclic amines) is 1. The first kappa shape index (κ1) is 14.6. The quantitative estimate of drug-likeness (QED) is 0.830. The van der Waals surface area contributed by atoms with Gasteiger partial charge < -0.3 is 15.1 Å². The molecule has 1 saturated heterocycles. The van der Waals surface area contributed by atoms with Crippen LogP contribution < -0.4 is 0 Å². The van der Waals surface area contributed by atoms with Crippen LogP contribution >= 0.6 is 0 Å². The van der Waals surface area contributed by atoms with Gasteiger partial charge in [0.2, 0.25) is 5.91 Å². The number of amides is 1. The van der Waals surface area contributed by atoms with Crippen molar-refractivity contribution < 1.29 is 15.0 Å². The molecule has 0 spiro atoms. The van der Waals surface area contributed by atoms with E-state index in [1.165, 1.54) is 6.08 Å². The molecular formula is C16H21NO3. The van der Waals surface area contributed by atoms with Crippen LogP contribution in [0.15, 0.2) is 30.3 Å². The molecule has 1 aromatic rings. The van der Waals surface area contributed by atoms with Crippen molar-refractivity contribution in [3.05, 3.63) is 35.9 Å². The number of carbonyl (C=O) groups is 1. The van der Waals surface area contributed by atoms with Gasteiger partial charge in [-0.15, -0.1) is 0 Å². The molecule has 2 rings (SSSR count). The van der Waals surface area contributed by atoms with Crippen LogP contribution in [0.25, 0.3) is 6.08 Å². The summed E-state index contributed by atoms with van der Waals surface area (Å²) in [6.07, 6.45) is 5.14. The van der Waals surface area contributed by atoms with E-state index >= 15 is 0 Å². The van der Waals surface area contributed by atoms with E-state index in [0.717, 1.165) is 18.4 Å². The van der Waals surface area contributed by atoms with Gasteiger partial charge in [0.05, 0.1) is 0 Å². The van der Waals surface area contributed by atoms with Gasteiger partial charge in [0.1, 0.15) is 5.75 Å². The summed E-state index contributed by atoms with van der Waals surface area (Å²) in [5.41, 5.74) is 0.793. The van der Waals surface area contributed by atoms with Gasteiger partial charge in [-0.3, -0.25) is 4.79 Å². The topological polar surface area (TPSA) is 60.8 Å². The Morgan fingerprint density at radius 3 is 2.95 bits per heavy atom. The van der Waals surface area contributed by atoms with E-state index in [1.807, 2.05) is 17.9 Å². The van der Waals surface area contributed by atoms with Crippen LogP contribution in [-0.4, -0.2) is 40.2 Å². The van der Waals surface area contributed by atoms with Gasteiger partial charge in [0.25, 0.3) is 0 Å². The summed E-state index contributed by atoms with van der Waals surface area (Å²) in [5, 5.41) is 18.6. The van der Waals surface area contributed by atoms with Crippen LogP contribution in [0.4, 0.5) is 0 Å². The van der Waals surface area contributed by atoms with E-state index in [-0.39, 0.29) is 30.2 Å². The molecule has 1 aliphatic rings. The smallest absolute Gasteiger partial charge is 0.246 e. The molecule has 0 radical (unpaired) electrons. The number of aliphatic hydroxyl groups excluding tert-OH is 1. The summed E-state index contributed by atoms with van der Waals surface area (Å²) in [7, 11) is 0. The molecule has 1 heterocycles. The lowest BCUT2D eigenvalue weighted by molar-refractivity contribution is -0.130. The summed E-state index contributed by atoms with van der Waals surface area (Å²) in [6.45, 7) is 2.78. The highest BCUT2D eigenvalue weighted by Crippen LogP contribution is 2.22. The van der Waals surface area contributed by atoms with Crippen LogP contribution in [0.1, 0.15) is 25.3 Å². The second kappa shape index (κ2) is 6.57. The minimum atomic E-state index is -0.0426. The van der Waals surface area contributed by atoms with Crippen LogP contribution in [0.3, 0.4) is 0 Å². The molecule has 4 nitrogen and oxygen atoms in total. The first-order valence-electron chi connectivity index (χ1n) is 6.98. The van der Waals surface area contributed by atoms with E-state index in [2.05, 4.69) is 0 Å². The molecule has 1 amide bonds. The Labute approximate surface area is 119 Å². The number of phenolic OH excluding ortho intramolecular Hbond substituents is 1. The van der Waals surface area contributed by atoms with E-state index < -0.39 is 0 Å². The van der Waals surface area contributed by atoms with Crippen molar-refractivity contribution in [3.63, 3.8) is 0 Å². The first-order chi connectivity index (χ1) is 9.60. The number of aliphatic hydroxyl groups is 1. The van der Waals surface area contributed by atoms with Gasteiger partial charge in [-0.2, -0.15) is 0 Å². The Kier molecular flexibility index (Phi) is 4.79. The zero-order chi connectivity index (χ0) is 14.5. The Bertz CT molecular complexity index is 498. The maximum atomic E-state index is 12.2. The number of rotatable bonds is 3. The number of piperidine rings is 1. The molecule has 0 bridgehead atoms. The number of hydrogen-bond donors (Lipinski definition) is 2. The molecule has 2 atom stereocenters. The summed E-state index contributed by atoms with van der Waals surface area (Å²) >= 11 is 0. The average molecular weight is 275 g/mol. The highest BCUT2D eigenvalue weighted by atomic mass is 16.3. The van der Waals surface area contributed by atoms with Gasteiger partial charge in [-0.25, -0.2) is 0 Å². The Hall–Kier alpha value is -1.81. The molecule has 1 fully saturated rings. The zero-order valence-electron chi connectivity index (χ0n) is 11.7. The second-order valence-electron chi connectivity index (χ2n) is 5.39. The molecule has 1 aromatic carbocycles. The monoisotopic (exact) mass is 275 g/mol. The highest BCUT2D eigenvalue weighted by Gasteiger charge is 2.27. The third-order valence-electron chi connectivity index (χ3n) is 3.81. The molecule has 2 unspecified atom stereocenters. The number of carbonyl (C=O) groups excluding carboxylic acids is 1. The van der Waals surface area contributed by atoms with E-state index in [9.17, 15) is 15.0 Å². The number of benzene rings is 1. The zero-order valence-corrected chi connectivity index (χ0v) is 11.7. The van der Waals surface area contributed by atoms with E-state index in [4.69, 9.17) is 0 Å². The van der Waals surface area contributed by atoms with Crippen molar-refractivity contribution >= 4 is 12.0 Å². The Morgan fingerprint density at radius 2 is 2.25 bits per heavy atom. The fourth-order valence-electron chi connectivity index (χ4n) is 2.53. The lowest BCUT2D eigenvalue weighted by Crippen LogP contribution is -2.45. The molecule has 108 valence electrons. The summed E-state index contributed by atoms with van der Waals surface area (Å²) in [6, 6.07) is 6.99. The largest absolute Gasteiger partial charge is 0.508 e. The average Bonchev–Trinajstić information content (AvgIpc) is 2.45. The van der Waals surface area contributed by atoms with Crippen molar-refractivity contribution in [3.8, 4) is 5.75 Å². The summed E-state index contributed by atoms with van der Waals surface area (Å²) in [4.78, 5) is 14.0. The molecule has 1 aliphatic heterocycles. The minimum Gasteiger partial charge on any atom is -0.508 e. The van der Waals surface area contributed by atoms with Crippen LogP contribution in [-0.2, 0) is 4.79 Å². The Balaban J connectivity index is 2.03. The SMILES string of the molecule is CC1CCC(CO)CN1C(=O)C=Cc1cccc(O)c1. The van der Waals surface area contributed by atoms with Gasteiger partial charge in [0.15, 0.2) is 0 Å². The van der Waals surface area contributed by atoms with Crippen molar-refractivity contribution in [2.75, 3.05) is 13.2 Å². The van der Waals surface area contributed by atoms with Crippen molar-refractivity contribution in [1.29, 1.82) is 0 Å². The van der Waals surface area contributed by atoms with Crippen molar-refractivity contribution in [2.24, 2.45) is 5.92 Å². The molecule has 0 saturated carbocycles. The van der Waals surface area contributed by atoms with Crippen LogP contribution in [0.2, 0.25) is 0 Å². The van der Waals surface area contributed by atoms with Crippen LogP contribution in [0.5, 0.6) is 5.75 Å². The molecular weight excluding hydrogens is 254 g/mol. The number of phenols is 1. The van der Waals surface area contributed by atoms with Gasteiger partial charge >= 0.3 is 0 Å². The number of nitrogens with zero attached hydrogens (tertiary/aromatic N) is 1. The predicted octanol–water partition coefficient (Wildman–Crippen LogP) is 2.02. The molecule has 0 aromatic heterocycles. The molecule has 2 N–H and O–H groups in total. The third kappa shape index (κ3) is 3.61. The van der Waals surface area contributed by atoms with Gasteiger partial charge in [0, 0.05) is 25.3 Å². The molecule has 20 heavy (non-hydrogen) atoms. The predicted molar refractivity (Wildman–Crippen MR) is 78.1 cm³/mol. The maximum absolute atomic E-state index is 12.2. The third-order valence-corrected chi connectivity index (χ3v) is 3.81.